The molecular formula is C31H37N3O. The second-order valence-corrected chi connectivity index (χ2v) is 11.6. The Morgan fingerprint density at radius 3 is 2.69 bits per heavy atom. The first kappa shape index (κ1) is 22.6. The average molecular weight is 468 g/mol. The van der Waals surface area contributed by atoms with Crippen LogP contribution in [0.5, 0.6) is 5.75 Å². The third-order valence-electron chi connectivity index (χ3n) is 8.83. The highest BCUT2D eigenvalue weighted by Crippen LogP contribution is 2.55. The molecule has 0 bridgehead atoms. The quantitative estimate of drug-likeness (QED) is 0.391. The summed E-state index contributed by atoms with van der Waals surface area (Å²) < 4.78 is 7.09. The summed E-state index contributed by atoms with van der Waals surface area (Å²) in [6.45, 7) is 10.2. The van der Waals surface area contributed by atoms with E-state index in [0.29, 0.717) is 5.92 Å². The third kappa shape index (κ3) is 3.48. The van der Waals surface area contributed by atoms with E-state index in [2.05, 4.69) is 74.1 Å². The number of aliphatic imine (C=N–C) groups is 1. The lowest BCUT2D eigenvalue weighted by Gasteiger charge is -2.46. The Balaban J connectivity index is 1.45. The van der Waals surface area contributed by atoms with Gasteiger partial charge in [0.15, 0.2) is 0 Å². The number of anilines is 1. The van der Waals surface area contributed by atoms with Gasteiger partial charge in [0.1, 0.15) is 11.4 Å². The van der Waals surface area contributed by atoms with E-state index in [4.69, 9.17) is 9.73 Å². The zero-order valence-corrected chi connectivity index (χ0v) is 21.6. The molecule has 0 N–H and O–H groups in total. The number of hydrogen-bond acceptors (Lipinski definition) is 4. The first-order chi connectivity index (χ1) is 16.9. The molecule has 1 saturated carbocycles. The molecule has 0 saturated heterocycles. The first-order valence-corrected chi connectivity index (χ1v) is 13.4. The Labute approximate surface area is 209 Å². The molecule has 1 spiro atoms. The lowest BCUT2D eigenvalue weighted by Crippen LogP contribution is -2.62. The van der Waals surface area contributed by atoms with Gasteiger partial charge in [-0.2, -0.15) is 0 Å². The van der Waals surface area contributed by atoms with E-state index in [-0.39, 0.29) is 5.41 Å². The number of ether oxygens (including phenoxy) is 1. The van der Waals surface area contributed by atoms with Crippen LogP contribution in [0, 0.1) is 5.92 Å². The van der Waals surface area contributed by atoms with Gasteiger partial charge in [0, 0.05) is 30.0 Å². The SMILES string of the molecule is CC(C)c1ccc2c(c1)C(C)(C)C1(C=Nc3c(ccc4ccncc34)O1)N2CCC1CCCCC1. The summed E-state index contributed by atoms with van der Waals surface area (Å²) in [6, 6.07) is 13.3. The van der Waals surface area contributed by atoms with E-state index < -0.39 is 5.72 Å². The Morgan fingerprint density at radius 2 is 1.89 bits per heavy atom. The Kier molecular flexibility index (Phi) is 5.39. The van der Waals surface area contributed by atoms with Crippen LogP contribution in [0.3, 0.4) is 0 Å². The molecule has 3 aromatic rings. The Morgan fingerprint density at radius 1 is 1.06 bits per heavy atom. The number of rotatable bonds is 4. The normalized spacial score (nSPS) is 23.1. The number of aromatic nitrogens is 1. The van der Waals surface area contributed by atoms with Crippen molar-refractivity contribution in [3.8, 4) is 5.75 Å². The Hall–Kier alpha value is -2.88. The van der Waals surface area contributed by atoms with Crippen molar-refractivity contribution in [2.24, 2.45) is 10.9 Å². The fraction of sp³-hybridized carbons (Fsp3) is 0.484. The van der Waals surface area contributed by atoms with Gasteiger partial charge < -0.3 is 9.64 Å². The largest absolute Gasteiger partial charge is 0.459 e. The Bertz CT molecular complexity index is 1290. The standard InChI is InChI=1S/C31H37N3O/c1-21(2)24-10-12-27-26(18-24)30(3,4)31(34(27)17-15-22-8-6-5-7-9-22)20-33-29-25-19-32-16-14-23(25)11-13-28(29)35-31/h10-14,16,18-22H,5-9,15,17H2,1-4H3. The van der Waals surface area contributed by atoms with Crippen LogP contribution in [0.2, 0.25) is 0 Å². The lowest BCUT2D eigenvalue weighted by molar-refractivity contribution is 0.0762. The number of hydrogen-bond donors (Lipinski definition) is 0. The van der Waals surface area contributed by atoms with Gasteiger partial charge in [-0.3, -0.25) is 9.98 Å². The van der Waals surface area contributed by atoms with Crippen molar-refractivity contribution >= 4 is 28.4 Å². The van der Waals surface area contributed by atoms with Gasteiger partial charge in [0.25, 0.3) is 0 Å². The predicted octanol–water partition coefficient (Wildman–Crippen LogP) is 7.92. The molecule has 1 unspecified atom stereocenters. The van der Waals surface area contributed by atoms with Gasteiger partial charge in [-0.25, -0.2) is 0 Å². The molecule has 6 rings (SSSR count). The van der Waals surface area contributed by atoms with Crippen LogP contribution in [0.15, 0.2) is 53.8 Å². The third-order valence-corrected chi connectivity index (χ3v) is 8.83. The molecule has 4 nitrogen and oxygen atoms in total. The molecule has 4 heteroatoms. The van der Waals surface area contributed by atoms with Crippen molar-refractivity contribution in [2.45, 2.75) is 83.3 Å². The number of nitrogens with zero attached hydrogens (tertiary/aromatic N) is 3. The van der Waals surface area contributed by atoms with Crippen molar-refractivity contribution in [1.29, 1.82) is 0 Å². The highest BCUT2D eigenvalue weighted by Gasteiger charge is 2.59. The van der Waals surface area contributed by atoms with Crippen LogP contribution < -0.4 is 9.64 Å². The summed E-state index contributed by atoms with van der Waals surface area (Å²) in [6.07, 6.45) is 13.9. The maximum absolute atomic E-state index is 7.09. The van der Waals surface area contributed by atoms with Crippen LogP contribution in [0.1, 0.15) is 83.3 Å². The molecular weight excluding hydrogens is 430 g/mol. The van der Waals surface area contributed by atoms with Gasteiger partial charge in [0.2, 0.25) is 5.72 Å². The smallest absolute Gasteiger partial charge is 0.228 e. The molecule has 1 fully saturated rings. The van der Waals surface area contributed by atoms with Crippen LogP contribution in [0.25, 0.3) is 10.8 Å². The highest BCUT2D eigenvalue weighted by atomic mass is 16.5. The van der Waals surface area contributed by atoms with Crippen LogP contribution >= 0.6 is 0 Å². The summed E-state index contributed by atoms with van der Waals surface area (Å²) in [5.74, 6) is 2.15. The average Bonchev–Trinajstić information content (AvgIpc) is 3.05. The molecule has 182 valence electrons. The van der Waals surface area contributed by atoms with Crippen LogP contribution in [-0.2, 0) is 5.41 Å². The lowest BCUT2D eigenvalue weighted by atomic mass is 9.76. The van der Waals surface area contributed by atoms with Gasteiger partial charge in [0.05, 0.1) is 11.6 Å². The van der Waals surface area contributed by atoms with E-state index in [9.17, 15) is 0 Å². The van der Waals surface area contributed by atoms with Gasteiger partial charge >= 0.3 is 0 Å². The maximum atomic E-state index is 7.09. The second kappa shape index (κ2) is 8.36. The van der Waals surface area contributed by atoms with Gasteiger partial charge in [-0.15, -0.1) is 0 Å². The number of benzene rings is 2. The minimum atomic E-state index is -0.650. The van der Waals surface area contributed by atoms with Crippen molar-refractivity contribution < 1.29 is 4.74 Å². The van der Waals surface area contributed by atoms with Crippen molar-refractivity contribution in [3.63, 3.8) is 0 Å². The number of pyridine rings is 1. The molecule has 0 amide bonds. The highest BCUT2D eigenvalue weighted by molar-refractivity contribution is 5.99. The van der Waals surface area contributed by atoms with E-state index in [1.54, 1.807) is 0 Å². The van der Waals surface area contributed by atoms with E-state index in [0.717, 1.165) is 34.7 Å². The van der Waals surface area contributed by atoms with Gasteiger partial charge in [-0.05, 0) is 66.8 Å². The minimum absolute atomic E-state index is 0.259. The molecule has 3 aliphatic rings. The first-order valence-electron chi connectivity index (χ1n) is 13.4. The van der Waals surface area contributed by atoms with E-state index >= 15 is 0 Å². The fourth-order valence-corrected chi connectivity index (χ4v) is 6.53. The van der Waals surface area contributed by atoms with Crippen LogP contribution in [-0.4, -0.2) is 23.5 Å². The van der Waals surface area contributed by atoms with Crippen molar-refractivity contribution in [1.82, 2.24) is 4.98 Å². The fourth-order valence-electron chi connectivity index (χ4n) is 6.53. The summed E-state index contributed by atoms with van der Waals surface area (Å²) in [5, 5.41) is 2.18. The van der Waals surface area contributed by atoms with E-state index in [1.165, 1.54) is 55.3 Å². The summed E-state index contributed by atoms with van der Waals surface area (Å²) >= 11 is 0. The second-order valence-electron chi connectivity index (χ2n) is 11.6. The molecule has 2 aromatic carbocycles. The van der Waals surface area contributed by atoms with Crippen LogP contribution in [0.4, 0.5) is 11.4 Å². The van der Waals surface area contributed by atoms with Gasteiger partial charge in [-0.1, -0.05) is 64.2 Å². The molecule has 0 radical (unpaired) electrons. The predicted molar refractivity (Wildman–Crippen MR) is 145 cm³/mol. The van der Waals surface area contributed by atoms with E-state index in [1.807, 2.05) is 18.5 Å². The molecule has 2 aliphatic heterocycles. The molecule has 35 heavy (non-hydrogen) atoms. The molecule has 1 atom stereocenters. The maximum Gasteiger partial charge on any atom is 0.228 e. The summed E-state index contributed by atoms with van der Waals surface area (Å²) in [5.41, 5.74) is 4.03. The summed E-state index contributed by atoms with van der Waals surface area (Å²) in [4.78, 5) is 12.0. The van der Waals surface area contributed by atoms with Crippen molar-refractivity contribution in [3.05, 3.63) is 59.9 Å². The molecule has 3 heterocycles. The monoisotopic (exact) mass is 467 g/mol. The minimum Gasteiger partial charge on any atom is -0.459 e. The molecule has 1 aliphatic carbocycles. The zero-order valence-electron chi connectivity index (χ0n) is 21.6. The molecule has 1 aromatic heterocycles. The zero-order chi connectivity index (χ0) is 24.2. The van der Waals surface area contributed by atoms with Crippen molar-refractivity contribution in [2.75, 3.05) is 11.4 Å². The summed E-state index contributed by atoms with van der Waals surface area (Å²) in [7, 11) is 0. The topological polar surface area (TPSA) is 37.7 Å². The number of fused-ring (bicyclic) bond motifs is 4.